The fourth-order valence-corrected chi connectivity index (χ4v) is 0.723. The molecule has 0 aliphatic heterocycles. The number of anilines is 1. The predicted molar refractivity (Wildman–Crippen MR) is 40.2 cm³/mol. The maximum absolute atomic E-state index is 9.80. The van der Waals surface area contributed by atoms with Crippen molar-refractivity contribution in [3.8, 4) is 5.75 Å². The minimum Gasteiger partial charge on any atom is -0.396 e. The number of nitrogens with two attached hydrogens (primary N) is 1. The zero-order chi connectivity index (χ0) is 8.10. The molecule has 0 unspecified atom stereocenters. The van der Waals surface area contributed by atoms with Crippen molar-refractivity contribution in [1.29, 1.82) is 0 Å². The Morgan fingerprint density at radius 2 is 2.09 bits per heavy atom. The van der Waals surface area contributed by atoms with Gasteiger partial charge in [0.25, 0.3) is 0 Å². The van der Waals surface area contributed by atoms with Crippen LogP contribution in [0.25, 0.3) is 0 Å². The van der Waals surface area contributed by atoms with E-state index in [0.717, 1.165) is 0 Å². The van der Waals surface area contributed by atoms with Crippen LogP contribution in [-0.2, 0) is 9.24 Å². The van der Waals surface area contributed by atoms with Crippen molar-refractivity contribution >= 4 is 14.4 Å². The highest BCUT2D eigenvalue weighted by atomic mass is 31.1. The van der Waals surface area contributed by atoms with Crippen molar-refractivity contribution in [2.45, 2.75) is 0 Å². The minimum atomic E-state index is -0.535. The molecule has 11 heavy (non-hydrogen) atoms. The van der Waals surface area contributed by atoms with Gasteiger partial charge in [-0.2, -0.15) is 0 Å². The monoisotopic (exact) mass is 171 g/mol. The Morgan fingerprint density at radius 1 is 1.36 bits per heavy atom. The number of nitrogen functional groups attached to an aromatic ring is 1. The highest BCUT2D eigenvalue weighted by Crippen LogP contribution is 2.20. The molecule has 0 saturated carbocycles. The van der Waals surface area contributed by atoms with Crippen LogP contribution in [0.1, 0.15) is 0 Å². The van der Waals surface area contributed by atoms with Crippen LogP contribution >= 0.6 is 8.69 Å². The second-order valence-corrected chi connectivity index (χ2v) is 2.07. The molecule has 2 N–H and O–H groups in total. The van der Waals surface area contributed by atoms with E-state index < -0.39 is 8.69 Å². The molecule has 0 aliphatic rings. The molecule has 0 fully saturated rings. The zero-order valence-corrected chi connectivity index (χ0v) is 6.45. The van der Waals surface area contributed by atoms with E-state index in [-0.39, 0.29) is 0 Å². The molecule has 0 radical (unpaired) electrons. The number of para-hydroxylation sites is 2. The highest BCUT2D eigenvalue weighted by molar-refractivity contribution is 7.17. The van der Waals surface area contributed by atoms with Gasteiger partial charge in [-0.1, -0.05) is 16.8 Å². The summed E-state index contributed by atoms with van der Waals surface area (Å²) >= 11 is 0. The van der Waals surface area contributed by atoms with Gasteiger partial charge < -0.3 is 10.6 Å². The molecule has 5 heteroatoms. The summed E-state index contributed by atoms with van der Waals surface area (Å²) in [6.45, 7) is 0. The first kappa shape index (κ1) is 7.98. The third kappa shape index (κ3) is 2.18. The van der Waals surface area contributed by atoms with Gasteiger partial charge in [0.15, 0.2) is 5.75 Å². The van der Waals surface area contributed by atoms with Gasteiger partial charge in [-0.05, 0) is 12.1 Å². The summed E-state index contributed by atoms with van der Waals surface area (Å²) in [7, 11) is -0.535. The van der Waals surface area contributed by atoms with Crippen molar-refractivity contribution < 1.29 is 14.1 Å². The third-order valence-electron chi connectivity index (χ3n) is 1.08. The average molecular weight is 171 g/mol. The van der Waals surface area contributed by atoms with Gasteiger partial charge in [-0.3, -0.25) is 0 Å². The molecule has 0 aromatic heterocycles. The van der Waals surface area contributed by atoms with Crippen molar-refractivity contribution in [1.82, 2.24) is 0 Å². The first-order chi connectivity index (χ1) is 5.34. The third-order valence-corrected chi connectivity index (χ3v) is 1.21. The van der Waals surface area contributed by atoms with Crippen LogP contribution in [0.5, 0.6) is 5.75 Å². The van der Waals surface area contributed by atoms with E-state index in [0.29, 0.717) is 11.4 Å². The zero-order valence-electron chi connectivity index (χ0n) is 5.56. The normalized spacial score (nSPS) is 9.82. The van der Waals surface area contributed by atoms with Crippen LogP contribution in [0.15, 0.2) is 24.3 Å². The molecule has 0 bridgehead atoms. The summed E-state index contributed by atoms with van der Waals surface area (Å²) in [5.74, 6) is 0.357. The maximum atomic E-state index is 9.80. The van der Waals surface area contributed by atoms with Gasteiger partial charge in [-0.15, -0.1) is 0 Å². The van der Waals surface area contributed by atoms with E-state index in [1.807, 2.05) is 0 Å². The molecule has 1 rings (SSSR count). The van der Waals surface area contributed by atoms with Gasteiger partial charge in [0.2, 0.25) is 0 Å². The van der Waals surface area contributed by atoms with Crippen molar-refractivity contribution in [3.63, 3.8) is 0 Å². The van der Waals surface area contributed by atoms with E-state index in [2.05, 4.69) is 9.56 Å². The Labute approximate surface area is 65.1 Å². The summed E-state index contributed by atoms with van der Waals surface area (Å²) in [6, 6.07) is 6.76. The summed E-state index contributed by atoms with van der Waals surface area (Å²) in [4.78, 5) is 4.54. The second-order valence-electron chi connectivity index (χ2n) is 1.77. The Balaban J connectivity index is 2.69. The van der Waals surface area contributed by atoms with E-state index in [9.17, 15) is 4.57 Å². The Kier molecular flexibility index (Phi) is 2.83. The molecule has 1 aromatic carbocycles. The standard InChI is InChI=1S/C6H6NO3P/c7-5-3-1-2-4-6(5)9-10-11-8/h1-4H,7H2. The molecule has 0 aliphatic carbocycles. The van der Waals surface area contributed by atoms with Gasteiger partial charge in [0, 0.05) is 0 Å². The molecule has 0 heterocycles. The van der Waals surface area contributed by atoms with Gasteiger partial charge in [0.1, 0.15) is 0 Å². The Morgan fingerprint density at radius 3 is 2.73 bits per heavy atom. The molecule has 0 amide bonds. The lowest BCUT2D eigenvalue weighted by atomic mass is 10.3. The van der Waals surface area contributed by atoms with E-state index in [4.69, 9.17) is 5.73 Å². The maximum Gasteiger partial charge on any atom is 0.372 e. The molecule has 0 spiro atoms. The van der Waals surface area contributed by atoms with Gasteiger partial charge in [-0.25, -0.2) is 4.57 Å². The number of hydrogen-bond donors (Lipinski definition) is 1. The summed E-state index contributed by atoms with van der Waals surface area (Å²) in [5, 5.41) is 0. The van der Waals surface area contributed by atoms with E-state index in [1.54, 1.807) is 24.3 Å². The first-order valence-corrected chi connectivity index (χ1v) is 3.58. The number of hydrogen-bond acceptors (Lipinski definition) is 4. The summed E-state index contributed by atoms with van der Waals surface area (Å²) in [5.41, 5.74) is 5.89. The molecule has 4 nitrogen and oxygen atoms in total. The van der Waals surface area contributed by atoms with E-state index in [1.165, 1.54) is 0 Å². The fourth-order valence-electron chi connectivity index (χ4n) is 0.612. The largest absolute Gasteiger partial charge is 0.396 e. The van der Waals surface area contributed by atoms with Crippen LogP contribution in [0.3, 0.4) is 0 Å². The molecule has 0 saturated heterocycles. The van der Waals surface area contributed by atoms with Crippen molar-refractivity contribution in [3.05, 3.63) is 24.3 Å². The smallest absolute Gasteiger partial charge is 0.372 e. The summed E-state index contributed by atoms with van der Waals surface area (Å²) in [6.07, 6.45) is 0. The lowest BCUT2D eigenvalue weighted by Crippen LogP contribution is -1.92. The van der Waals surface area contributed by atoms with Gasteiger partial charge in [0.05, 0.1) is 5.69 Å². The van der Waals surface area contributed by atoms with Crippen LogP contribution in [-0.4, -0.2) is 0 Å². The van der Waals surface area contributed by atoms with Crippen molar-refractivity contribution in [2.75, 3.05) is 5.73 Å². The number of rotatable bonds is 3. The molecular weight excluding hydrogens is 165 g/mol. The predicted octanol–water partition coefficient (Wildman–Crippen LogP) is 1.79. The first-order valence-electron chi connectivity index (χ1n) is 2.85. The fraction of sp³-hybridized carbons (Fsp3) is 0. The Bertz CT molecular complexity index is 253. The van der Waals surface area contributed by atoms with Crippen LogP contribution < -0.4 is 10.6 Å². The molecule has 1 aromatic rings. The van der Waals surface area contributed by atoms with Crippen LogP contribution in [0.2, 0.25) is 0 Å². The lowest BCUT2D eigenvalue weighted by Gasteiger charge is -2.00. The lowest BCUT2D eigenvalue weighted by molar-refractivity contribution is -0.0858. The SMILES string of the molecule is Nc1ccccc1OOP=O. The van der Waals surface area contributed by atoms with Crippen LogP contribution in [0.4, 0.5) is 5.69 Å². The summed E-state index contributed by atoms with van der Waals surface area (Å²) < 4.78 is 13.9. The number of benzene rings is 1. The quantitative estimate of drug-likeness (QED) is 0.326. The highest BCUT2D eigenvalue weighted by Gasteiger charge is 1.97. The van der Waals surface area contributed by atoms with Gasteiger partial charge >= 0.3 is 8.69 Å². The molecular formula is C6H6NO3P. The minimum absolute atomic E-state index is 0.357. The van der Waals surface area contributed by atoms with E-state index >= 15 is 0 Å². The molecule has 58 valence electrons. The topological polar surface area (TPSA) is 61.6 Å². The Hall–Kier alpha value is -1.12. The second kappa shape index (κ2) is 3.91. The van der Waals surface area contributed by atoms with Crippen molar-refractivity contribution in [2.24, 2.45) is 0 Å². The molecule has 0 atom stereocenters. The average Bonchev–Trinajstić information content (AvgIpc) is 2.03. The van der Waals surface area contributed by atoms with Crippen LogP contribution in [0, 0.1) is 0 Å².